The molecule has 1 aliphatic carbocycles. The predicted molar refractivity (Wildman–Crippen MR) is 112 cm³/mol. The first kappa shape index (κ1) is 20.6. The number of anilines is 1. The van der Waals surface area contributed by atoms with Crippen LogP contribution in [0, 0.1) is 0 Å². The third kappa shape index (κ3) is 3.90. The highest BCUT2D eigenvalue weighted by atomic mass is 32.2. The summed E-state index contributed by atoms with van der Waals surface area (Å²) in [6.45, 7) is 2.90. The van der Waals surface area contributed by atoms with Crippen molar-refractivity contribution >= 4 is 21.6 Å². The maximum Gasteiger partial charge on any atom is 0.256 e. The molecule has 4 rings (SSSR count). The highest BCUT2D eigenvalue weighted by Gasteiger charge is 2.38. The van der Waals surface area contributed by atoms with Gasteiger partial charge in [0, 0.05) is 39.4 Å². The SMILES string of the molecule is CN(C)S(=O)(=O)c1ccc(N2CCCC2)c(C(=O)N2CCOC3CCCCC32)c1. The molecule has 1 amide bonds. The van der Waals surface area contributed by atoms with Crippen molar-refractivity contribution in [2.24, 2.45) is 0 Å². The third-order valence-corrected chi connectivity index (χ3v) is 8.23. The third-order valence-electron chi connectivity index (χ3n) is 6.42. The molecule has 0 aromatic heterocycles. The van der Waals surface area contributed by atoms with Crippen LogP contribution in [-0.4, -0.2) is 76.0 Å². The molecule has 3 aliphatic rings. The number of nitrogens with zero attached hydrogens (tertiary/aromatic N) is 3. The Bertz CT molecular complexity index is 863. The van der Waals surface area contributed by atoms with Gasteiger partial charge in [-0.15, -0.1) is 0 Å². The molecule has 2 heterocycles. The molecule has 2 unspecified atom stereocenters. The summed E-state index contributed by atoms with van der Waals surface area (Å²) in [6, 6.07) is 5.11. The van der Waals surface area contributed by atoms with Gasteiger partial charge in [-0.1, -0.05) is 12.8 Å². The van der Waals surface area contributed by atoms with E-state index in [4.69, 9.17) is 4.74 Å². The second kappa shape index (κ2) is 8.24. The second-order valence-corrected chi connectivity index (χ2v) is 10.6. The van der Waals surface area contributed by atoms with Crippen LogP contribution in [0.3, 0.4) is 0 Å². The van der Waals surface area contributed by atoms with Crippen LogP contribution < -0.4 is 4.90 Å². The fourth-order valence-electron chi connectivity index (χ4n) is 4.79. The van der Waals surface area contributed by atoms with Crippen molar-refractivity contribution in [1.82, 2.24) is 9.21 Å². The summed E-state index contributed by atoms with van der Waals surface area (Å²) in [7, 11) is -0.580. The van der Waals surface area contributed by atoms with Crippen LogP contribution in [0.1, 0.15) is 48.9 Å². The highest BCUT2D eigenvalue weighted by molar-refractivity contribution is 7.89. The molecule has 0 N–H and O–H groups in total. The first-order chi connectivity index (χ1) is 13.9. The predicted octanol–water partition coefficient (Wildman–Crippen LogP) is 2.32. The number of hydrogen-bond acceptors (Lipinski definition) is 5. The lowest BCUT2D eigenvalue weighted by molar-refractivity contribution is -0.0752. The lowest BCUT2D eigenvalue weighted by Gasteiger charge is -2.44. The average Bonchev–Trinajstić information content (AvgIpc) is 3.27. The van der Waals surface area contributed by atoms with E-state index in [-0.39, 0.29) is 22.9 Å². The summed E-state index contributed by atoms with van der Waals surface area (Å²) >= 11 is 0. The fourth-order valence-corrected chi connectivity index (χ4v) is 5.72. The maximum absolute atomic E-state index is 13.7. The number of sulfonamides is 1. The van der Waals surface area contributed by atoms with Gasteiger partial charge >= 0.3 is 0 Å². The average molecular weight is 422 g/mol. The number of amides is 1. The van der Waals surface area contributed by atoms with Crippen molar-refractivity contribution in [3.63, 3.8) is 0 Å². The van der Waals surface area contributed by atoms with Crippen LogP contribution in [0.4, 0.5) is 5.69 Å². The molecular weight excluding hydrogens is 390 g/mol. The van der Waals surface area contributed by atoms with E-state index in [2.05, 4.69) is 4.90 Å². The highest BCUT2D eigenvalue weighted by Crippen LogP contribution is 2.33. The van der Waals surface area contributed by atoms with Crippen LogP contribution in [0.15, 0.2) is 23.1 Å². The van der Waals surface area contributed by atoms with Crippen molar-refractivity contribution < 1.29 is 17.9 Å². The number of morpholine rings is 1. The van der Waals surface area contributed by atoms with E-state index in [0.717, 1.165) is 57.3 Å². The normalized spacial score (nSPS) is 25.3. The number of carbonyl (C=O) groups excluding carboxylic acids is 1. The van der Waals surface area contributed by atoms with Gasteiger partial charge in [-0.05, 0) is 43.9 Å². The van der Waals surface area contributed by atoms with Crippen molar-refractivity contribution in [2.75, 3.05) is 45.2 Å². The van der Waals surface area contributed by atoms with Gasteiger partial charge in [-0.25, -0.2) is 12.7 Å². The molecule has 29 heavy (non-hydrogen) atoms. The summed E-state index contributed by atoms with van der Waals surface area (Å²) in [4.78, 5) is 18.0. The Balaban J connectivity index is 1.73. The van der Waals surface area contributed by atoms with Gasteiger partial charge in [0.25, 0.3) is 5.91 Å². The van der Waals surface area contributed by atoms with Crippen LogP contribution in [-0.2, 0) is 14.8 Å². The standard InChI is InChI=1S/C21H31N3O4S/c1-22(2)29(26,27)16-9-10-18(23-11-5-6-12-23)17(15-16)21(25)24-13-14-28-20-8-4-3-7-19(20)24/h9-10,15,19-20H,3-8,11-14H2,1-2H3. The Morgan fingerprint density at radius 3 is 2.52 bits per heavy atom. The van der Waals surface area contributed by atoms with Crippen LogP contribution >= 0.6 is 0 Å². The van der Waals surface area contributed by atoms with Crippen LogP contribution in [0.25, 0.3) is 0 Å². The van der Waals surface area contributed by atoms with E-state index in [9.17, 15) is 13.2 Å². The summed E-state index contributed by atoms with van der Waals surface area (Å²) in [5.74, 6) is -0.0668. The van der Waals surface area contributed by atoms with E-state index in [1.807, 2.05) is 11.0 Å². The van der Waals surface area contributed by atoms with Gasteiger partial charge in [0.2, 0.25) is 10.0 Å². The largest absolute Gasteiger partial charge is 0.374 e. The number of rotatable bonds is 4. The van der Waals surface area contributed by atoms with Crippen molar-refractivity contribution in [3.8, 4) is 0 Å². The molecule has 1 aromatic carbocycles. The molecule has 160 valence electrons. The fraction of sp³-hybridized carbons (Fsp3) is 0.667. The Morgan fingerprint density at radius 2 is 1.79 bits per heavy atom. The van der Waals surface area contributed by atoms with E-state index in [0.29, 0.717) is 18.7 Å². The number of fused-ring (bicyclic) bond motifs is 1. The summed E-state index contributed by atoms with van der Waals surface area (Å²) in [5, 5.41) is 0. The van der Waals surface area contributed by atoms with Gasteiger partial charge in [-0.3, -0.25) is 4.79 Å². The molecule has 2 aliphatic heterocycles. The van der Waals surface area contributed by atoms with E-state index < -0.39 is 10.0 Å². The molecule has 2 atom stereocenters. The lowest BCUT2D eigenvalue weighted by Crippen LogP contribution is -2.55. The van der Waals surface area contributed by atoms with E-state index >= 15 is 0 Å². The minimum absolute atomic E-state index is 0.0668. The van der Waals surface area contributed by atoms with Gasteiger partial charge < -0.3 is 14.5 Å². The maximum atomic E-state index is 13.7. The number of ether oxygens (including phenoxy) is 1. The minimum atomic E-state index is -3.61. The Labute approximate surface area is 173 Å². The van der Waals surface area contributed by atoms with Crippen molar-refractivity contribution in [2.45, 2.75) is 55.6 Å². The zero-order chi connectivity index (χ0) is 20.6. The van der Waals surface area contributed by atoms with Gasteiger partial charge in [0.1, 0.15) is 0 Å². The van der Waals surface area contributed by atoms with Gasteiger partial charge in [0.05, 0.1) is 29.2 Å². The molecule has 0 radical (unpaired) electrons. The molecule has 7 nitrogen and oxygen atoms in total. The number of benzene rings is 1. The zero-order valence-corrected chi connectivity index (χ0v) is 18.2. The molecule has 3 fully saturated rings. The Kier molecular flexibility index (Phi) is 5.86. The summed E-state index contributed by atoms with van der Waals surface area (Å²) < 4.78 is 32.5. The van der Waals surface area contributed by atoms with Crippen molar-refractivity contribution in [1.29, 1.82) is 0 Å². The molecule has 1 saturated carbocycles. The number of carbonyl (C=O) groups is 1. The Morgan fingerprint density at radius 1 is 1.07 bits per heavy atom. The smallest absolute Gasteiger partial charge is 0.256 e. The lowest BCUT2D eigenvalue weighted by atomic mass is 9.89. The van der Waals surface area contributed by atoms with Crippen molar-refractivity contribution in [3.05, 3.63) is 23.8 Å². The van der Waals surface area contributed by atoms with Gasteiger partial charge in [-0.2, -0.15) is 0 Å². The van der Waals surface area contributed by atoms with E-state index in [1.54, 1.807) is 12.1 Å². The van der Waals surface area contributed by atoms with Gasteiger partial charge in [0.15, 0.2) is 0 Å². The minimum Gasteiger partial charge on any atom is -0.374 e. The van der Waals surface area contributed by atoms with Crippen LogP contribution in [0.2, 0.25) is 0 Å². The Hall–Kier alpha value is -1.64. The first-order valence-electron chi connectivity index (χ1n) is 10.6. The summed E-state index contributed by atoms with van der Waals surface area (Å²) in [6.07, 6.45) is 6.46. The molecule has 2 saturated heterocycles. The molecule has 1 aromatic rings. The quantitative estimate of drug-likeness (QED) is 0.746. The molecule has 0 bridgehead atoms. The molecule has 8 heteroatoms. The second-order valence-electron chi connectivity index (χ2n) is 8.42. The topological polar surface area (TPSA) is 70.2 Å². The van der Waals surface area contributed by atoms with E-state index in [1.165, 1.54) is 18.4 Å². The molecular formula is C21H31N3O4S. The molecule has 0 spiro atoms. The number of hydrogen-bond donors (Lipinski definition) is 0. The summed E-state index contributed by atoms with van der Waals surface area (Å²) in [5.41, 5.74) is 1.35. The van der Waals surface area contributed by atoms with Crippen LogP contribution in [0.5, 0.6) is 0 Å². The first-order valence-corrected chi connectivity index (χ1v) is 12.1. The zero-order valence-electron chi connectivity index (χ0n) is 17.3. The monoisotopic (exact) mass is 421 g/mol.